The molecule has 0 saturated heterocycles. The summed E-state index contributed by atoms with van der Waals surface area (Å²) in [6, 6.07) is 5.96. The largest absolute Gasteiger partial charge is 0.497 e. The minimum Gasteiger partial charge on any atom is -0.497 e. The van der Waals surface area contributed by atoms with E-state index in [1.165, 1.54) is 6.42 Å². The van der Waals surface area contributed by atoms with Crippen LogP contribution < -0.4 is 4.74 Å². The molecule has 0 radical (unpaired) electrons. The van der Waals surface area contributed by atoms with Crippen LogP contribution in [-0.4, -0.2) is 29.4 Å². The van der Waals surface area contributed by atoms with Crippen LogP contribution in [0.1, 0.15) is 19.3 Å². The molecule has 1 fully saturated rings. The van der Waals surface area contributed by atoms with Gasteiger partial charge in [0, 0.05) is 13.2 Å². The van der Waals surface area contributed by atoms with Crippen molar-refractivity contribution in [1.29, 1.82) is 0 Å². The highest BCUT2D eigenvalue weighted by molar-refractivity contribution is 7.71. The summed E-state index contributed by atoms with van der Waals surface area (Å²) < 4.78 is 13.8. The van der Waals surface area contributed by atoms with Crippen molar-refractivity contribution in [3.63, 3.8) is 0 Å². The van der Waals surface area contributed by atoms with Crippen LogP contribution in [0.2, 0.25) is 0 Å². The Morgan fingerprint density at radius 3 is 2.74 bits per heavy atom. The Hall–Kier alpha value is -1.33. The number of H-pyrrole nitrogens is 1. The van der Waals surface area contributed by atoms with Gasteiger partial charge in [-0.3, -0.25) is 0 Å². The Bertz CT molecular complexity index is 649. The van der Waals surface area contributed by atoms with Crippen LogP contribution in [0.25, 0.3) is 11.0 Å². The number of hydrogen-bond donors (Lipinski definition) is 1. The first-order valence-corrected chi connectivity index (χ1v) is 6.90. The standard InChI is InChI=1S/C14H18N2O2S/c1-17-10-4-5-11-12(8-10)16(13(19)15-11)9-14(18-2)6-3-7-14/h4-5,8H,3,6-7,9H2,1-2H3,(H,15,19). The molecule has 1 aliphatic rings. The number of rotatable bonds is 4. The maximum atomic E-state index is 5.70. The Morgan fingerprint density at radius 1 is 1.37 bits per heavy atom. The van der Waals surface area contributed by atoms with Crippen molar-refractivity contribution in [3.8, 4) is 5.75 Å². The second-order valence-electron chi connectivity index (χ2n) is 5.14. The lowest BCUT2D eigenvalue weighted by molar-refractivity contribution is -0.0830. The van der Waals surface area contributed by atoms with E-state index in [2.05, 4.69) is 9.55 Å². The molecule has 5 heteroatoms. The highest BCUT2D eigenvalue weighted by Gasteiger charge is 2.37. The zero-order valence-electron chi connectivity index (χ0n) is 11.2. The smallest absolute Gasteiger partial charge is 0.178 e. The minimum absolute atomic E-state index is 0.0452. The summed E-state index contributed by atoms with van der Waals surface area (Å²) in [5.41, 5.74) is 2.07. The van der Waals surface area contributed by atoms with Gasteiger partial charge in [0.15, 0.2) is 4.77 Å². The Balaban J connectivity index is 2.06. The third-order valence-corrected chi connectivity index (χ3v) is 4.45. The molecule has 0 amide bonds. The Morgan fingerprint density at radius 2 is 2.16 bits per heavy atom. The van der Waals surface area contributed by atoms with Gasteiger partial charge in [0.2, 0.25) is 0 Å². The summed E-state index contributed by atoms with van der Waals surface area (Å²) in [5, 5.41) is 0. The monoisotopic (exact) mass is 278 g/mol. The maximum absolute atomic E-state index is 5.70. The zero-order valence-corrected chi connectivity index (χ0v) is 12.0. The van der Waals surface area contributed by atoms with Gasteiger partial charge >= 0.3 is 0 Å². The van der Waals surface area contributed by atoms with E-state index < -0.39 is 0 Å². The van der Waals surface area contributed by atoms with Gasteiger partial charge in [-0.2, -0.15) is 0 Å². The minimum atomic E-state index is -0.0452. The summed E-state index contributed by atoms with van der Waals surface area (Å²) >= 11 is 5.43. The normalized spacial score (nSPS) is 17.4. The summed E-state index contributed by atoms with van der Waals surface area (Å²) in [7, 11) is 3.47. The number of fused-ring (bicyclic) bond motifs is 1. The number of methoxy groups -OCH3 is 2. The van der Waals surface area contributed by atoms with Gasteiger partial charge < -0.3 is 19.0 Å². The molecule has 4 nitrogen and oxygen atoms in total. The second kappa shape index (κ2) is 4.65. The summed E-state index contributed by atoms with van der Waals surface area (Å²) in [6.45, 7) is 0.801. The van der Waals surface area contributed by atoms with E-state index in [0.29, 0.717) is 0 Å². The van der Waals surface area contributed by atoms with Crippen LogP contribution in [0.3, 0.4) is 0 Å². The fraction of sp³-hybridized carbons (Fsp3) is 0.500. The van der Waals surface area contributed by atoms with Crippen molar-refractivity contribution in [3.05, 3.63) is 23.0 Å². The molecule has 2 aromatic rings. The predicted molar refractivity (Wildman–Crippen MR) is 77.3 cm³/mol. The number of aromatic nitrogens is 2. The van der Waals surface area contributed by atoms with Crippen LogP contribution in [0.4, 0.5) is 0 Å². The summed E-state index contributed by atoms with van der Waals surface area (Å²) in [4.78, 5) is 3.24. The van der Waals surface area contributed by atoms with E-state index in [1.54, 1.807) is 14.2 Å². The molecule has 0 aliphatic heterocycles. The molecule has 0 bridgehead atoms. The molecular weight excluding hydrogens is 260 g/mol. The van der Waals surface area contributed by atoms with E-state index in [-0.39, 0.29) is 5.60 Å². The van der Waals surface area contributed by atoms with Gasteiger partial charge in [0.1, 0.15) is 5.75 Å². The average Bonchev–Trinajstić information content (AvgIpc) is 2.69. The van der Waals surface area contributed by atoms with Crippen molar-refractivity contribution < 1.29 is 9.47 Å². The van der Waals surface area contributed by atoms with Crippen molar-refractivity contribution in [1.82, 2.24) is 9.55 Å². The summed E-state index contributed by atoms with van der Waals surface area (Å²) in [5.74, 6) is 0.843. The van der Waals surface area contributed by atoms with Crippen molar-refractivity contribution in [2.75, 3.05) is 14.2 Å². The van der Waals surface area contributed by atoms with Gasteiger partial charge in [0.05, 0.1) is 30.3 Å². The van der Waals surface area contributed by atoms with Crippen molar-refractivity contribution in [2.24, 2.45) is 0 Å². The van der Waals surface area contributed by atoms with Gasteiger partial charge in [-0.25, -0.2) is 0 Å². The number of nitrogens with one attached hydrogen (secondary N) is 1. The van der Waals surface area contributed by atoms with E-state index in [9.17, 15) is 0 Å². The Kier molecular flexibility index (Phi) is 3.11. The van der Waals surface area contributed by atoms with Crippen LogP contribution >= 0.6 is 12.2 Å². The van der Waals surface area contributed by atoms with E-state index >= 15 is 0 Å². The molecule has 0 unspecified atom stereocenters. The molecule has 1 heterocycles. The topological polar surface area (TPSA) is 39.2 Å². The maximum Gasteiger partial charge on any atom is 0.178 e. The fourth-order valence-corrected chi connectivity index (χ4v) is 2.98. The Labute approximate surface area is 117 Å². The average molecular weight is 278 g/mol. The molecule has 19 heavy (non-hydrogen) atoms. The van der Waals surface area contributed by atoms with Crippen molar-refractivity contribution in [2.45, 2.75) is 31.4 Å². The quantitative estimate of drug-likeness (QED) is 0.872. The lowest BCUT2D eigenvalue weighted by Gasteiger charge is -2.40. The van der Waals surface area contributed by atoms with Crippen LogP contribution in [0, 0.1) is 4.77 Å². The first kappa shape index (κ1) is 12.7. The summed E-state index contributed by atoms with van der Waals surface area (Å²) in [6.07, 6.45) is 3.43. The number of hydrogen-bond acceptors (Lipinski definition) is 3. The molecule has 0 spiro atoms. The molecule has 1 aromatic carbocycles. The van der Waals surface area contributed by atoms with E-state index in [1.807, 2.05) is 18.2 Å². The predicted octanol–water partition coefficient (Wildman–Crippen LogP) is 3.28. The second-order valence-corrected chi connectivity index (χ2v) is 5.53. The van der Waals surface area contributed by atoms with E-state index in [0.717, 1.165) is 40.9 Å². The van der Waals surface area contributed by atoms with Gasteiger partial charge in [-0.05, 0) is 43.6 Å². The molecule has 1 aliphatic carbocycles. The van der Waals surface area contributed by atoms with E-state index in [4.69, 9.17) is 21.7 Å². The van der Waals surface area contributed by atoms with Gasteiger partial charge in [-0.15, -0.1) is 0 Å². The highest BCUT2D eigenvalue weighted by atomic mass is 32.1. The third kappa shape index (κ3) is 2.07. The van der Waals surface area contributed by atoms with Crippen LogP contribution in [-0.2, 0) is 11.3 Å². The third-order valence-electron chi connectivity index (χ3n) is 4.13. The van der Waals surface area contributed by atoms with Crippen molar-refractivity contribution >= 4 is 23.3 Å². The number of nitrogens with zero attached hydrogens (tertiary/aromatic N) is 1. The molecule has 0 atom stereocenters. The van der Waals surface area contributed by atoms with Gasteiger partial charge in [0.25, 0.3) is 0 Å². The zero-order chi connectivity index (χ0) is 13.5. The first-order valence-electron chi connectivity index (χ1n) is 6.49. The molecule has 3 rings (SSSR count). The lowest BCUT2D eigenvalue weighted by Crippen LogP contribution is -2.43. The van der Waals surface area contributed by atoms with Crippen LogP contribution in [0.15, 0.2) is 18.2 Å². The lowest BCUT2D eigenvalue weighted by atomic mass is 9.80. The molecule has 1 N–H and O–H groups in total. The first-order chi connectivity index (χ1) is 9.17. The van der Waals surface area contributed by atoms with Crippen LogP contribution in [0.5, 0.6) is 5.75 Å². The number of aromatic amines is 1. The molecule has 1 saturated carbocycles. The molecule has 1 aromatic heterocycles. The highest BCUT2D eigenvalue weighted by Crippen LogP contribution is 2.37. The number of benzene rings is 1. The van der Waals surface area contributed by atoms with Gasteiger partial charge in [-0.1, -0.05) is 0 Å². The molecule has 102 valence electrons. The number of imidazole rings is 1. The number of ether oxygens (including phenoxy) is 2. The molecular formula is C14H18N2O2S. The fourth-order valence-electron chi connectivity index (χ4n) is 2.70. The SMILES string of the molecule is COc1ccc2[nH]c(=S)n(CC3(OC)CCC3)c2c1.